The van der Waals surface area contributed by atoms with Crippen LogP contribution in [-0.4, -0.2) is 22.3 Å². The Hall–Kier alpha value is -1.16. The van der Waals surface area contributed by atoms with E-state index in [-0.39, 0.29) is 5.15 Å². The first-order chi connectivity index (χ1) is 8.63. The molecular weight excluding hydrogens is 250 g/mol. The predicted molar refractivity (Wildman–Crippen MR) is 72.0 cm³/mol. The third-order valence-electron chi connectivity index (χ3n) is 3.98. The van der Waals surface area contributed by atoms with Gasteiger partial charge in [-0.15, -0.1) is 0 Å². The maximum absolute atomic E-state index is 11.0. The van der Waals surface area contributed by atoms with Crippen LogP contribution < -0.4 is 5.32 Å². The molecule has 0 aliphatic heterocycles. The van der Waals surface area contributed by atoms with Crippen molar-refractivity contribution in [3.05, 3.63) is 17.0 Å². The smallest absolute Gasteiger partial charge is 0.156 e. The van der Waals surface area contributed by atoms with Gasteiger partial charge in [0.2, 0.25) is 0 Å². The number of hydrogen-bond donors (Lipinski definition) is 1. The average Bonchev–Trinajstić information content (AvgIpc) is 2.35. The number of halogens is 1. The molecule has 1 fully saturated rings. The fourth-order valence-electron chi connectivity index (χ4n) is 2.55. The molecule has 3 atom stereocenters. The highest BCUT2D eigenvalue weighted by molar-refractivity contribution is 6.32. The molecule has 1 aliphatic carbocycles. The number of rotatable bonds is 3. The lowest BCUT2D eigenvalue weighted by molar-refractivity contribution is 0.112. The molecule has 4 nitrogen and oxygen atoms in total. The maximum atomic E-state index is 11.0. The summed E-state index contributed by atoms with van der Waals surface area (Å²) in [6.45, 7) is 4.51. The van der Waals surface area contributed by atoms with Crippen molar-refractivity contribution in [2.24, 2.45) is 11.8 Å². The largest absolute Gasteiger partial charge is 0.366 e. The fourth-order valence-corrected chi connectivity index (χ4v) is 2.73. The summed E-state index contributed by atoms with van der Waals surface area (Å²) in [4.78, 5) is 19.0. The summed E-state index contributed by atoms with van der Waals surface area (Å²) >= 11 is 5.89. The lowest BCUT2D eigenvalue weighted by Gasteiger charge is -2.35. The van der Waals surface area contributed by atoms with Crippen LogP contribution in [0.3, 0.4) is 0 Å². The van der Waals surface area contributed by atoms with Gasteiger partial charge in [0.05, 0.1) is 5.56 Å². The Kier molecular flexibility index (Phi) is 4.17. The molecule has 1 aromatic heterocycles. The maximum Gasteiger partial charge on any atom is 0.156 e. The summed E-state index contributed by atoms with van der Waals surface area (Å²) in [6, 6.07) is 0.346. The monoisotopic (exact) mass is 267 g/mol. The molecule has 1 heterocycles. The molecule has 3 unspecified atom stereocenters. The van der Waals surface area contributed by atoms with Gasteiger partial charge in [-0.3, -0.25) is 4.79 Å². The predicted octanol–water partition coefficient (Wildman–Crippen LogP) is 3.18. The average molecular weight is 268 g/mol. The molecule has 1 saturated carbocycles. The molecule has 1 N–H and O–H groups in total. The molecule has 0 aromatic carbocycles. The van der Waals surface area contributed by atoms with Crippen LogP contribution in [0.1, 0.15) is 43.5 Å². The lowest BCUT2D eigenvalue weighted by Crippen LogP contribution is -2.35. The highest BCUT2D eigenvalue weighted by atomic mass is 35.5. The minimum atomic E-state index is 0.207. The van der Waals surface area contributed by atoms with Crippen LogP contribution >= 0.6 is 11.6 Å². The minimum absolute atomic E-state index is 0.207. The van der Waals surface area contributed by atoms with Crippen molar-refractivity contribution in [1.29, 1.82) is 0 Å². The van der Waals surface area contributed by atoms with Crippen LogP contribution in [0.25, 0.3) is 0 Å². The van der Waals surface area contributed by atoms with Crippen LogP contribution in [0.5, 0.6) is 0 Å². The van der Waals surface area contributed by atoms with E-state index in [9.17, 15) is 4.79 Å². The fraction of sp³-hybridized carbons (Fsp3) is 0.615. The Morgan fingerprint density at radius 2 is 2.17 bits per heavy atom. The van der Waals surface area contributed by atoms with Gasteiger partial charge in [-0.25, -0.2) is 9.97 Å². The van der Waals surface area contributed by atoms with E-state index >= 15 is 0 Å². The van der Waals surface area contributed by atoms with E-state index in [1.807, 2.05) is 0 Å². The number of aldehydes is 1. The van der Waals surface area contributed by atoms with Crippen molar-refractivity contribution >= 4 is 23.7 Å². The second kappa shape index (κ2) is 5.65. The summed E-state index contributed by atoms with van der Waals surface area (Å²) < 4.78 is 0. The highest BCUT2D eigenvalue weighted by Gasteiger charge is 2.27. The third-order valence-corrected chi connectivity index (χ3v) is 4.28. The molecule has 0 bridgehead atoms. The molecular formula is C13H18ClN3O. The van der Waals surface area contributed by atoms with Crippen LogP contribution in [-0.2, 0) is 0 Å². The summed E-state index contributed by atoms with van der Waals surface area (Å²) in [5.41, 5.74) is 0.351. The van der Waals surface area contributed by atoms with Crippen LogP contribution in [0.15, 0.2) is 6.33 Å². The van der Waals surface area contributed by atoms with Crippen molar-refractivity contribution in [2.45, 2.75) is 39.2 Å². The topological polar surface area (TPSA) is 54.9 Å². The molecule has 0 radical (unpaired) electrons. The molecule has 18 heavy (non-hydrogen) atoms. The van der Waals surface area contributed by atoms with Crippen molar-refractivity contribution in [2.75, 3.05) is 5.32 Å². The lowest BCUT2D eigenvalue weighted by atomic mass is 9.78. The Morgan fingerprint density at radius 3 is 2.89 bits per heavy atom. The Labute approximate surface area is 112 Å². The summed E-state index contributed by atoms with van der Waals surface area (Å²) in [5.74, 6) is 1.80. The standard InChI is InChI=1S/C13H18ClN3O/c1-8-4-3-5-11(9(8)2)17-13-10(6-18)12(14)15-7-16-13/h6-9,11H,3-5H2,1-2H3,(H,15,16,17). The van der Waals surface area contributed by atoms with Crippen molar-refractivity contribution < 1.29 is 4.79 Å². The van der Waals surface area contributed by atoms with E-state index < -0.39 is 0 Å². The number of aromatic nitrogens is 2. The van der Waals surface area contributed by atoms with E-state index in [1.54, 1.807) is 0 Å². The first-order valence-electron chi connectivity index (χ1n) is 6.35. The molecule has 98 valence electrons. The van der Waals surface area contributed by atoms with Crippen LogP contribution in [0.4, 0.5) is 5.82 Å². The molecule has 5 heteroatoms. The van der Waals surface area contributed by atoms with Gasteiger partial charge in [0, 0.05) is 6.04 Å². The first-order valence-corrected chi connectivity index (χ1v) is 6.73. The Balaban J connectivity index is 2.18. The van der Waals surface area contributed by atoms with Crippen LogP contribution in [0, 0.1) is 11.8 Å². The SMILES string of the molecule is CC1CCCC(Nc2ncnc(Cl)c2C=O)C1C. The van der Waals surface area contributed by atoms with Gasteiger partial charge in [-0.2, -0.15) is 0 Å². The van der Waals surface area contributed by atoms with Gasteiger partial charge in [-0.05, 0) is 18.3 Å². The zero-order chi connectivity index (χ0) is 13.1. The van der Waals surface area contributed by atoms with Crippen molar-refractivity contribution in [1.82, 2.24) is 9.97 Å². The molecule has 0 amide bonds. The minimum Gasteiger partial charge on any atom is -0.366 e. The molecule has 2 rings (SSSR count). The normalized spacial score (nSPS) is 27.8. The van der Waals surface area contributed by atoms with Crippen molar-refractivity contribution in [3.8, 4) is 0 Å². The zero-order valence-electron chi connectivity index (χ0n) is 10.7. The Bertz CT molecular complexity index is 438. The van der Waals surface area contributed by atoms with Gasteiger partial charge in [-0.1, -0.05) is 38.3 Å². The van der Waals surface area contributed by atoms with Gasteiger partial charge in [0.15, 0.2) is 6.29 Å². The van der Waals surface area contributed by atoms with E-state index in [2.05, 4.69) is 29.1 Å². The quantitative estimate of drug-likeness (QED) is 0.675. The molecule has 0 saturated heterocycles. The van der Waals surface area contributed by atoms with Gasteiger partial charge in [0.1, 0.15) is 17.3 Å². The zero-order valence-corrected chi connectivity index (χ0v) is 11.4. The summed E-state index contributed by atoms with van der Waals surface area (Å²) in [7, 11) is 0. The number of nitrogens with one attached hydrogen (secondary N) is 1. The Morgan fingerprint density at radius 1 is 1.39 bits per heavy atom. The second-order valence-corrected chi connectivity index (χ2v) is 5.42. The van der Waals surface area contributed by atoms with E-state index in [0.717, 1.165) is 6.42 Å². The summed E-state index contributed by atoms with van der Waals surface area (Å²) in [6.07, 6.45) is 5.67. The number of anilines is 1. The van der Waals surface area contributed by atoms with Crippen LogP contribution in [0.2, 0.25) is 5.15 Å². The van der Waals surface area contributed by atoms with Gasteiger partial charge < -0.3 is 5.32 Å². The second-order valence-electron chi connectivity index (χ2n) is 5.06. The molecule has 1 aromatic rings. The van der Waals surface area contributed by atoms with E-state index in [4.69, 9.17) is 11.6 Å². The number of hydrogen-bond acceptors (Lipinski definition) is 4. The highest BCUT2D eigenvalue weighted by Crippen LogP contribution is 2.32. The van der Waals surface area contributed by atoms with E-state index in [1.165, 1.54) is 19.2 Å². The number of carbonyl (C=O) groups excluding carboxylic acids is 1. The molecule has 1 aliphatic rings. The number of nitrogens with zero attached hydrogens (tertiary/aromatic N) is 2. The van der Waals surface area contributed by atoms with Gasteiger partial charge in [0.25, 0.3) is 0 Å². The first kappa shape index (κ1) is 13.3. The van der Waals surface area contributed by atoms with Gasteiger partial charge >= 0.3 is 0 Å². The van der Waals surface area contributed by atoms with E-state index in [0.29, 0.717) is 35.5 Å². The number of carbonyl (C=O) groups is 1. The third kappa shape index (κ3) is 2.64. The molecule has 0 spiro atoms. The summed E-state index contributed by atoms with van der Waals surface area (Å²) in [5, 5.41) is 3.56. The van der Waals surface area contributed by atoms with Crippen molar-refractivity contribution in [3.63, 3.8) is 0 Å².